The van der Waals surface area contributed by atoms with Gasteiger partial charge in [0.15, 0.2) is 0 Å². The van der Waals surface area contributed by atoms with Crippen molar-refractivity contribution in [2.45, 2.75) is 70.3 Å². The van der Waals surface area contributed by atoms with Crippen molar-refractivity contribution in [3.63, 3.8) is 0 Å². The second-order valence-electron chi connectivity index (χ2n) is 11.6. The quantitative estimate of drug-likeness (QED) is 0.0868. The van der Waals surface area contributed by atoms with Gasteiger partial charge in [-0.1, -0.05) is 56.3 Å². The van der Waals surface area contributed by atoms with Crippen molar-refractivity contribution in [3.8, 4) is 5.75 Å². The highest BCUT2D eigenvalue weighted by atomic mass is 16.3. The van der Waals surface area contributed by atoms with Gasteiger partial charge in [0.05, 0.1) is 25.2 Å². The summed E-state index contributed by atoms with van der Waals surface area (Å²) in [4.78, 5) is 75.7. The van der Waals surface area contributed by atoms with E-state index in [9.17, 15) is 39.0 Å². The van der Waals surface area contributed by atoms with Crippen molar-refractivity contribution < 1.29 is 39.0 Å². The van der Waals surface area contributed by atoms with Crippen molar-refractivity contribution in [3.05, 3.63) is 65.7 Å². The number of aromatic hydroxyl groups is 1. The summed E-state index contributed by atoms with van der Waals surface area (Å²) < 4.78 is 0. The van der Waals surface area contributed by atoms with Crippen LogP contribution >= 0.6 is 0 Å². The number of aliphatic hydroxyl groups is 1. The van der Waals surface area contributed by atoms with E-state index in [4.69, 9.17) is 11.5 Å². The lowest BCUT2D eigenvalue weighted by atomic mass is 10.0. The van der Waals surface area contributed by atoms with E-state index in [2.05, 4.69) is 26.6 Å². The number of primary amides is 1. The molecule has 0 heterocycles. The SMILES string of the molecule is CC(C)C[C@H](NC(=O)[C@H](Cc1ccccc1)NC(=O)CNC(=O)CNC(=O)[C@@H](N)Cc1ccc(O)cc1)C(=O)N[C@H](C(N)=O)[C@@H](C)O. The van der Waals surface area contributed by atoms with Crippen LogP contribution in [0.5, 0.6) is 5.75 Å². The number of carbonyl (C=O) groups excluding carboxylic acids is 6. The number of phenols is 1. The maximum Gasteiger partial charge on any atom is 0.243 e. The topological polar surface area (TPSA) is 255 Å². The molecule has 11 N–H and O–H groups in total. The van der Waals surface area contributed by atoms with E-state index in [0.29, 0.717) is 11.1 Å². The lowest BCUT2D eigenvalue weighted by Gasteiger charge is -2.26. The highest BCUT2D eigenvalue weighted by molar-refractivity contribution is 5.95. The number of aliphatic hydroxyl groups excluding tert-OH is 1. The van der Waals surface area contributed by atoms with Gasteiger partial charge in [0.1, 0.15) is 23.9 Å². The molecule has 15 heteroatoms. The highest BCUT2D eigenvalue weighted by Gasteiger charge is 2.31. The van der Waals surface area contributed by atoms with Gasteiger partial charge in [0.25, 0.3) is 0 Å². The summed E-state index contributed by atoms with van der Waals surface area (Å²) in [6, 6.07) is 10.4. The predicted octanol–water partition coefficient (Wildman–Crippen LogP) is -1.90. The zero-order valence-corrected chi connectivity index (χ0v) is 26.7. The summed E-state index contributed by atoms with van der Waals surface area (Å²) in [5.74, 6) is -4.35. The molecule has 47 heavy (non-hydrogen) atoms. The Morgan fingerprint density at radius 3 is 1.85 bits per heavy atom. The number of amides is 6. The molecule has 2 aromatic carbocycles. The smallest absolute Gasteiger partial charge is 0.243 e. The molecule has 2 rings (SSSR count). The Morgan fingerprint density at radius 2 is 1.28 bits per heavy atom. The predicted molar refractivity (Wildman–Crippen MR) is 172 cm³/mol. The van der Waals surface area contributed by atoms with Gasteiger partial charge in [0.2, 0.25) is 35.4 Å². The number of hydrogen-bond acceptors (Lipinski definition) is 9. The van der Waals surface area contributed by atoms with Gasteiger partial charge in [-0.15, -0.1) is 0 Å². The number of hydrogen-bond donors (Lipinski definition) is 9. The standard InChI is InChI=1S/C32H45N7O8/c1-18(2)13-24(32(47)39-28(19(3)40)29(34)44)38-31(46)25(15-20-7-5-4-6-8-20)37-27(43)17-35-26(42)16-36-30(45)23(33)14-21-9-11-22(41)12-10-21/h4-12,18-19,23-25,28,40-41H,13-17,33H2,1-3H3,(H2,34,44)(H,35,42)(H,36,45)(H,37,43)(H,38,46)(H,39,47)/t19-,23+,24+,25+,28+/m1/s1. The molecule has 0 saturated heterocycles. The monoisotopic (exact) mass is 655 g/mol. The van der Waals surface area contributed by atoms with Gasteiger partial charge in [-0.2, -0.15) is 0 Å². The Kier molecular flexibility index (Phi) is 15.3. The van der Waals surface area contributed by atoms with E-state index >= 15 is 0 Å². The Hall–Kier alpha value is -5.02. The fraction of sp³-hybridized carbons (Fsp3) is 0.438. The number of benzene rings is 2. The van der Waals surface area contributed by atoms with E-state index in [0.717, 1.165) is 0 Å². The number of nitrogens with one attached hydrogen (secondary N) is 5. The van der Waals surface area contributed by atoms with Crippen molar-refractivity contribution >= 4 is 35.4 Å². The van der Waals surface area contributed by atoms with Crippen LogP contribution in [0.2, 0.25) is 0 Å². The summed E-state index contributed by atoms with van der Waals surface area (Å²) >= 11 is 0. The van der Waals surface area contributed by atoms with Crippen LogP contribution in [0, 0.1) is 5.92 Å². The maximum atomic E-state index is 13.5. The molecular formula is C32H45N7O8. The summed E-state index contributed by atoms with van der Waals surface area (Å²) in [5, 5.41) is 31.6. The van der Waals surface area contributed by atoms with Crippen LogP contribution in [0.15, 0.2) is 54.6 Å². The van der Waals surface area contributed by atoms with Crippen LogP contribution in [0.3, 0.4) is 0 Å². The van der Waals surface area contributed by atoms with Gasteiger partial charge in [0, 0.05) is 6.42 Å². The molecular weight excluding hydrogens is 610 g/mol. The average Bonchev–Trinajstić information content (AvgIpc) is 3.01. The Bertz CT molecular complexity index is 1370. The zero-order valence-electron chi connectivity index (χ0n) is 26.7. The van der Waals surface area contributed by atoms with Gasteiger partial charge < -0.3 is 48.3 Å². The molecule has 0 unspecified atom stereocenters. The first-order chi connectivity index (χ1) is 22.2. The number of carbonyl (C=O) groups is 6. The molecule has 0 aliphatic rings. The largest absolute Gasteiger partial charge is 0.508 e. The van der Waals surface area contributed by atoms with Crippen LogP contribution in [-0.4, -0.2) is 89.0 Å². The third kappa shape index (κ3) is 13.9. The molecule has 256 valence electrons. The molecule has 0 bridgehead atoms. The van der Waals surface area contributed by atoms with Crippen molar-refractivity contribution in [2.24, 2.45) is 17.4 Å². The minimum absolute atomic E-state index is 0.0505. The lowest BCUT2D eigenvalue weighted by Crippen LogP contribution is -2.59. The van der Waals surface area contributed by atoms with Gasteiger partial charge in [-0.25, -0.2) is 0 Å². The molecule has 0 radical (unpaired) electrons. The Morgan fingerprint density at radius 1 is 0.702 bits per heavy atom. The number of rotatable bonds is 18. The van der Waals surface area contributed by atoms with Crippen molar-refractivity contribution in [1.82, 2.24) is 26.6 Å². The Balaban J connectivity index is 2.01. The summed E-state index contributed by atoms with van der Waals surface area (Å²) in [7, 11) is 0. The Labute approximate surface area is 273 Å². The maximum absolute atomic E-state index is 13.5. The lowest BCUT2D eigenvalue weighted by molar-refractivity contribution is -0.134. The minimum Gasteiger partial charge on any atom is -0.508 e. The first-order valence-corrected chi connectivity index (χ1v) is 15.2. The van der Waals surface area contributed by atoms with Gasteiger partial charge in [-0.3, -0.25) is 28.8 Å². The molecule has 0 aromatic heterocycles. The van der Waals surface area contributed by atoms with Gasteiger partial charge >= 0.3 is 0 Å². The fourth-order valence-electron chi connectivity index (χ4n) is 4.48. The zero-order chi connectivity index (χ0) is 35.1. The van der Waals surface area contributed by atoms with E-state index in [-0.39, 0.29) is 30.9 Å². The van der Waals surface area contributed by atoms with E-state index < -0.39 is 78.8 Å². The molecule has 0 saturated carbocycles. The first-order valence-electron chi connectivity index (χ1n) is 15.2. The summed E-state index contributed by atoms with van der Waals surface area (Å²) in [6.45, 7) is 3.97. The molecule has 5 atom stereocenters. The fourth-order valence-corrected chi connectivity index (χ4v) is 4.48. The van der Waals surface area contributed by atoms with Crippen LogP contribution < -0.4 is 38.1 Å². The normalized spacial score (nSPS) is 14.1. The van der Waals surface area contributed by atoms with Crippen molar-refractivity contribution in [1.29, 1.82) is 0 Å². The van der Waals surface area contributed by atoms with Gasteiger partial charge in [-0.05, 0) is 48.9 Å². The van der Waals surface area contributed by atoms with E-state index in [1.807, 2.05) is 13.8 Å². The number of nitrogens with two attached hydrogens (primary N) is 2. The number of phenolic OH excluding ortho intramolecular Hbond substituents is 1. The molecule has 0 aliphatic carbocycles. The van der Waals surface area contributed by atoms with E-state index in [1.165, 1.54) is 19.1 Å². The average molecular weight is 656 g/mol. The molecule has 6 amide bonds. The first kappa shape index (κ1) is 38.2. The molecule has 15 nitrogen and oxygen atoms in total. The minimum atomic E-state index is -1.38. The van der Waals surface area contributed by atoms with Crippen LogP contribution in [0.25, 0.3) is 0 Å². The third-order valence-electron chi connectivity index (χ3n) is 6.96. The summed E-state index contributed by atoms with van der Waals surface area (Å²) in [5.41, 5.74) is 12.6. The van der Waals surface area contributed by atoms with Crippen molar-refractivity contribution in [2.75, 3.05) is 13.1 Å². The second kappa shape index (κ2) is 18.8. The second-order valence-corrected chi connectivity index (χ2v) is 11.6. The molecule has 0 fully saturated rings. The van der Waals surface area contributed by atoms with Crippen LogP contribution in [-0.2, 0) is 41.6 Å². The summed E-state index contributed by atoms with van der Waals surface area (Å²) in [6.07, 6.45) is -0.875. The highest BCUT2D eigenvalue weighted by Crippen LogP contribution is 2.11. The molecule has 0 aliphatic heterocycles. The van der Waals surface area contributed by atoms with Crippen LogP contribution in [0.4, 0.5) is 0 Å². The molecule has 2 aromatic rings. The van der Waals surface area contributed by atoms with Crippen LogP contribution in [0.1, 0.15) is 38.3 Å². The molecule has 0 spiro atoms. The third-order valence-corrected chi connectivity index (χ3v) is 6.96. The van der Waals surface area contributed by atoms with E-state index in [1.54, 1.807) is 42.5 Å².